The highest BCUT2D eigenvalue weighted by atomic mass is 16.5. The van der Waals surface area contributed by atoms with Crippen LogP contribution in [0.1, 0.15) is 34.3 Å². The molecule has 5 heteroatoms. The molecule has 28 heavy (non-hydrogen) atoms. The average Bonchev–Trinajstić information content (AvgIpc) is 3.28. The third kappa shape index (κ3) is 3.99. The van der Waals surface area contributed by atoms with Crippen molar-refractivity contribution in [3.05, 3.63) is 59.2 Å². The summed E-state index contributed by atoms with van der Waals surface area (Å²) in [6.45, 7) is 8.01. The van der Waals surface area contributed by atoms with Crippen LogP contribution in [0.5, 0.6) is 0 Å². The van der Waals surface area contributed by atoms with Gasteiger partial charge in [-0.3, -0.25) is 4.79 Å². The van der Waals surface area contributed by atoms with Crippen molar-refractivity contribution in [2.75, 3.05) is 49.2 Å². The predicted octanol–water partition coefficient (Wildman–Crippen LogP) is 3.36. The smallest absolute Gasteiger partial charge is 0.251 e. The van der Waals surface area contributed by atoms with Crippen molar-refractivity contribution >= 4 is 17.3 Å². The number of hydrogen-bond acceptors (Lipinski definition) is 4. The molecule has 0 spiro atoms. The fourth-order valence-corrected chi connectivity index (χ4v) is 4.21. The first-order valence-corrected chi connectivity index (χ1v) is 10.3. The highest BCUT2D eigenvalue weighted by Crippen LogP contribution is 2.26. The fraction of sp³-hybridized carbons (Fsp3) is 0.435. The number of amides is 1. The Kier molecular flexibility index (Phi) is 5.81. The van der Waals surface area contributed by atoms with E-state index in [1.54, 1.807) is 0 Å². The van der Waals surface area contributed by atoms with E-state index in [9.17, 15) is 4.79 Å². The van der Waals surface area contributed by atoms with Gasteiger partial charge in [0.25, 0.3) is 5.91 Å². The summed E-state index contributed by atoms with van der Waals surface area (Å²) < 4.78 is 5.45. The number of rotatable bonds is 5. The second-order valence-corrected chi connectivity index (χ2v) is 7.55. The maximum atomic E-state index is 12.9. The number of carbonyl (C=O) groups is 1. The molecule has 5 nitrogen and oxygen atoms in total. The topological polar surface area (TPSA) is 44.8 Å². The standard InChI is InChI=1S/C23H29N3O2/c1-18-20(8-6-10-21(18)26-13-15-28-16-14-26)23(27)24-17-19-7-2-3-9-22(19)25-11-4-5-12-25/h2-3,6-10H,4-5,11-17H2,1H3,(H,24,27). The van der Waals surface area contributed by atoms with Gasteiger partial charge >= 0.3 is 0 Å². The molecule has 148 valence electrons. The van der Waals surface area contributed by atoms with Crippen molar-refractivity contribution in [3.8, 4) is 0 Å². The molecular weight excluding hydrogens is 350 g/mol. The Morgan fingerprint density at radius 2 is 1.61 bits per heavy atom. The van der Waals surface area contributed by atoms with E-state index in [-0.39, 0.29) is 5.91 Å². The summed E-state index contributed by atoms with van der Waals surface area (Å²) in [5.41, 5.74) is 5.35. The molecule has 2 aromatic carbocycles. The molecule has 0 bridgehead atoms. The number of para-hydroxylation sites is 1. The summed E-state index contributed by atoms with van der Waals surface area (Å²) in [6, 6.07) is 14.4. The lowest BCUT2D eigenvalue weighted by Gasteiger charge is -2.30. The Labute approximate surface area is 167 Å². The fourth-order valence-electron chi connectivity index (χ4n) is 4.21. The molecule has 2 aliphatic heterocycles. The molecule has 2 fully saturated rings. The lowest BCUT2D eigenvalue weighted by atomic mass is 10.0. The molecule has 2 heterocycles. The Morgan fingerprint density at radius 3 is 2.39 bits per heavy atom. The van der Waals surface area contributed by atoms with Gasteiger partial charge in [0.2, 0.25) is 0 Å². The van der Waals surface area contributed by atoms with Crippen LogP contribution < -0.4 is 15.1 Å². The van der Waals surface area contributed by atoms with Crippen molar-refractivity contribution < 1.29 is 9.53 Å². The van der Waals surface area contributed by atoms with Crippen LogP contribution in [-0.2, 0) is 11.3 Å². The van der Waals surface area contributed by atoms with Crippen molar-refractivity contribution in [2.24, 2.45) is 0 Å². The molecule has 0 unspecified atom stereocenters. The summed E-state index contributed by atoms with van der Waals surface area (Å²) in [5.74, 6) is -0.0103. The van der Waals surface area contributed by atoms with Crippen LogP contribution in [0.2, 0.25) is 0 Å². The minimum atomic E-state index is -0.0103. The van der Waals surface area contributed by atoms with Crippen LogP contribution in [-0.4, -0.2) is 45.3 Å². The second kappa shape index (κ2) is 8.65. The van der Waals surface area contributed by atoms with Gasteiger partial charge in [-0.05, 0) is 49.1 Å². The molecule has 1 amide bonds. The van der Waals surface area contributed by atoms with Crippen molar-refractivity contribution in [1.82, 2.24) is 5.32 Å². The van der Waals surface area contributed by atoms with Crippen molar-refractivity contribution in [1.29, 1.82) is 0 Å². The molecule has 0 aliphatic carbocycles. The van der Waals surface area contributed by atoms with E-state index in [1.165, 1.54) is 24.1 Å². The SMILES string of the molecule is Cc1c(C(=O)NCc2ccccc2N2CCCC2)cccc1N1CCOCC1. The quantitative estimate of drug-likeness (QED) is 0.865. The largest absolute Gasteiger partial charge is 0.378 e. The van der Waals surface area contributed by atoms with E-state index in [0.717, 1.165) is 56.2 Å². The number of nitrogens with one attached hydrogen (secondary N) is 1. The molecule has 0 aromatic heterocycles. The van der Waals surface area contributed by atoms with Crippen LogP contribution in [0.15, 0.2) is 42.5 Å². The van der Waals surface area contributed by atoms with Gasteiger partial charge in [0, 0.05) is 49.7 Å². The number of ether oxygens (including phenoxy) is 1. The van der Waals surface area contributed by atoms with E-state index in [1.807, 2.05) is 25.1 Å². The summed E-state index contributed by atoms with van der Waals surface area (Å²) in [6.07, 6.45) is 2.49. The number of morpholine rings is 1. The van der Waals surface area contributed by atoms with Gasteiger partial charge < -0.3 is 19.9 Å². The summed E-state index contributed by atoms with van der Waals surface area (Å²) in [4.78, 5) is 17.7. The molecule has 0 saturated carbocycles. The molecule has 0 radical (unpaired) electrons. The lowest BCUT2D eigenvalue weighted by Crippen LogP contribution is -2.37. The Balaban J connectivity index is 1.47. The molecule has 2 saturated heterocycles. The van der Waals surface area contributed by atoms with Gasteiger partial charge in [0.05, 0.1) is 13.2 Å². The van der Waals surface area contributed by atoms with Gasteiger partial charge in [-0.25, -0.2) is 0 Å². The Bertz CT molecular complexity index is 824. The molecule has 4 rings (SSSR count). The van der Waals surface area contributed by atoms with E-state index in [4.69, 9.17) is 4.74 Å². The first-order chi connectivity index (χ1) is 13.7. The maximum absolute atomic E-state index is 12.9. The van der Waals surface area contributed by atoms with Gasteiger partial charge in [0.1, 0.15) is 0 Å². The third-order valence-electron chi connectivity index (χ3n) is 5.78. The van der Waals surface area contributed by atoms with Crippen LogP contribution in [0.25, 0.3) is 0 Å². The first-order valence-electron chi connectivity index (χ1n) is 10.3. The second-order valence-electron chi connectivity index (χ2n) is 7.55. The van der Waals surface area contributed by atoms with Crippen LogP contribution in [0.3, 0.4) is 0 Å². The number of hydrogen-bond donors (Lipinski definition) is 1. The highest BCUT2D eigenvalue weighted by Gasteiger charge is 2.19. The average molecular weight is 380 g/mol. The number of carbonyl (C=O) groups excluding carboxylic acids is 1. The van der Waals surface area contributed by atoms with Gasteiger partial charge in [-0.1, -0.05) is 24.3 Å². The Morgan fingerprint density at radius 1 is 0.929 bits per heavy atom. The molecular formula is C23H29N3O2. The summed E-state index contributed by atoms with van der Waals surface area (Å²) in [5, 5.41) is 3.14. The number of benzene rings is 2. The van der Waals surface area contributed by atoms with Crippen LogP contribution in [0.4, 0.5) is 11.4 Å². The number of anilines is 2. The predicted molar refractivity (Wildman–Crippen MR) is 113 cm³/mol. The zero-order valence-corrected chi connectivity index (χ0v) is 16.6. The molecule has 2 aromatic rings. The minimum Gasteiger partial charge on any atom is -0.378 e. The molecule has 2 aliphatic rings. The normalized spacial score (nSPS) is 17.0. The van der Waals surface area contributed by atoms with E-state index < -0.39 is 0 Å². The summed E-state index contributed by atoms with van der Waals surface area (Å²) >= 11 is 0. The zero-order chi connectivity index (χ0) is 19.3. The Hall–Kier alpha value is -2.53. The van der Waals surface area contributed by atoms with Crippen molar-refractivity contribution in [3.63, 3.8) is 0 Å². The molecule has 0 atom stereocenters. The first kappa shape index (κ1) is 18.8. The van der Waals surface area contributed by atoms with Crippen LogP contribution in [0, 0.1) is 6.92 Å². The van der Waals surface area contributed by atoms with Crippen LogP contribution >= 0.6 is 0 Å². The minimum absolute atomic E-state index is 0.0103. The highest BCUT2D eigenvalue weighted by molar-refractivity contribution is 5.97. The lowest BCUT2D eigenvalue weighted by molar-refractivity contribution is 0.0950. The van der Waals surface area contributed by atoms with Gasteiger partial charge in [-0.2, -0.15) is 0 Å². The number of nitrogens with zero attached hydrogens (tertiary/aromatic N) is 2. The van der Waals surface area contributed by atoms with Gasteiger partial charge in [0.15, 0.2) is 0 Å². The van der Waals surface area contributed by atoms with E-state index >= 15 is 0 Å². The maximum Gasteiger partial charge on any atom is 0.251 e. The molecule has 1 N–H and O–H groups in total. The summed E-state index contributed by atoms with van der Waals surface area (Å²) in [7, 11) is 0. The van der Waals surface area contributed by atoms with Crippen molar-refractivity contribution in [2.45, 2.75) is 26.3 Å². The monoisotopic (exact) mass is 379 g/mol. The zero-order valence-electron chi connectivity index (χ0n) is 16.6. The third-order valence-corrected chi connectivity index (χ3v) is 5.78. The van der Waals surface area contributed by atoms with Gasteiger partial charge in [-0.15, -0.1) is 0 Å². The van der Waals surface area contributed by atoms with E-state index in [2.05, 4.69) is 39.4 Å². The van der Waals surface area contributed by atoms with E-state index in [0.29, 0.717) is 6.54 Å².